The molecule has 33 heavy (non-hydrogen) atoms. The number of hydrogen-bond acceptors (Lipinski definition) is 9. The predicted octanol–water partition coefficient (Wildman–Crippen LogP) is 2.86. The number of carbonyl (C=O) groups is 2. The summed E-state index contributed by atoms with van der Waals surface area (Å²) < 4.78 is 38.5. The minimum Gasteiger partial charge on any atom is -0.460 e. The number of hydrogen-bond donors (Lipinski definition) is 0. The normalized spacial score (nSPS) is 16.7. The van der Waals surface area contributed by atoms with Crippen molar-refractivity contribution < 1.29 is 42.7 Å². The van der Waals surface area contributed by atoms with Crippen LogP contribution < -0.4 is 0 Å². The monoisotopic (exact) mass is 474 g/mol. The van der Waals surface area contributed by atoms with Crippen molar-refractivity contribution in [3.05, 3.63) is 25.3 Å². The molecule has 0 saturated heterocycles. The highest BCUT2D eigenvalue weighted by molar-refractivity contribution is 5.81. The van der Waals surface area contributed by atoms with Gasteiger partial charge >= 0.3 is 11.9 Å². The van der Waals surface area contributed by atoms with Crippen LogP contribution in [0.25, 0.3) is 0 Å². The van der Waals surface area contributed by atoms with Gasteiger partial charge in [0, 0.05) is 12.2 Å². The molecular formula is C24H42O9. The second-order valence-electron chi connectivity index (χ2n) is 8.01. The molecule has 0 aromatic rings. The van der Waals surface area contributed by atoms with Crippen molar-refractivity contribution >= 4 is 11.9 Å². The van der Waals surface area contributed by atoms with Crippen molar-refractivity contribution in [2.75, 3.05) is 39.6 Å². The largest absolute Gasteiger partial charge is 0.460 e. The Hall–Kier alpha value is -1.78. The molecule has 0 rings (SSSR count). The van der Waals surface area contributed by atoms with E-state index in [1.165, 1.54) is 0 Å². The average Bonchev–Trinajstić information content (AvgIpc) is 2.80. The van der Waals surface area contributed by atoms with Gasteiger partial charge in [0.15, 0.2) is 0 Å². The molecule has 0 aliphatic heterocycles. The molecule has 0 aliphatic rings. The molecule has 0 aliphatic carbocycles. The lowest BCUT2D eigenvalue weighted by molar-refractivity contribution is -0.147. The summed E-state index contributed by atoms with van der Waals surface area (Å²) in [6, 6.07) is 0. The maximum Gasteiger partial charge on any atom is 0.330 e. The lowest BCUT2D eigenvalue weighted by Crippen LogP contribution is -2.30. The first kappa shape index (κ1) is 31.2. The van der Waals surface area contributed by atoms with Gasteiger partial charge < -0.3 is 33.2 Å². The number of ether oxygens (including phenoxy) is 7. The van der Waals surface area contributed by atoms with Crippen molar-refractivity contribution in [1.29, 1.82) is 0 Å². The molecule has 0 aromatic heterocycles. The molecule has 0 amide bonds. The fourth-order valence-electron chi connectivity index (χ4n) is 2.28. The second-order valence-corrected chi connectivity index (χ2v) is 8.01. The van der Waals surface area contributed by atoms with E-state index in [0.29, 0.717) is 26.4 Å². The van der Waals surface area contributed by atoms with E-state index in [2.05, 4.69) is 13.2 Å². The molecule has 0 radical (unpaired) electrons. The van der Waals surface area contributed by atoms with Crippen LogP contribution in [0.3, 0.4) is 0 Å². The standard InChI is InChI=1S/C24H42O9/c1-9-23(25)32-15-21(7)30-13-19(5)28-11-17(3)27-12-18(4)29-14-20(6)31-16-22(8)33-24(26)10-2/h9-10,17-22H,1-2,11-16H2,3-8H3. The molecule has 0 N–H and O–H groups in total. The maximum atomic E-state index is 11.1. The molecule has 0 aromatic carbocycles. The van der Waals surface area contributed by atoms with Crippen LogP contribution in [0.5, 0.6) is 0 Å². The van der Waals surface area contributed by atoms with Crippen molar-refractivity contribution in [3.63, 3.8) is 0 Å². The first-order chi connectivity index (χ1) is 15.6. The Bertz CT molecular complexity index is 566. The molecular weight excluding hydrogens is 432 g/mol. The van der Waals surface area contributed by atoms with E-state index < -0.39 is 11.9 Å². The number of rotatable bonds is 20. The molecule has 0 heterocycles. The van der Waals surface area contributed by atoms with E-state index in [9.17, 15) is 9.59 Å². The van der Waals surface area contributed by atoms with Crippen LogP contribution >= 0.6 is 0 Å². The van der Waals surface area contributed by atoms with Crippen LogP contribution in [0.4, 0.5) is 0 Å². The van der Waals surface area contributed by atoms with Gasteiger partial charge in [0.05, 0.1) is 63.6 Å². The van der Waals surface area contributed by atoms with Gasteiger partial charge in [0.1, 0.15) is 12.7 Å². The first-order valence-corrected chi connectivity index (χ1v) is 11.3. The SMILES string of the molecule is C=CC(=O)OCC(C)OCC(C)OCC(C)OCC(C)OCC(C)OCC(C)OC(=O)C=C. The highest BCUT2D eigenvalue weighted by Gasteiger charge is 2.14. The van der Waals surface area contributed by atoms with Gasteiger partial charge in [-0.1, -0.05) is 13.2 Å². The van der Waals surface area contributed by atoms with Crippen LogP contribution in [0.1, 0.15) is 41.5 Å². The molecule has 0 fully saturated rings. The van der Waals surface area contributed by atoms with Crippen molar-refractivity contribution in [1.82, 2.24) is 0 Å². The maximum absolute atomic E-state index is 11.1. The zero-order chi connectivity index (χ0) is 25.2. The Morgan fingerprint density at radius 3 is 1.18 bits per heavy atom. The van der Waals surface area contributed by atoms with E-state index in [1.807, 2.05) is 34.6 Å². The molecule has 9 nitrogen and oxygen atoms in total. The summed E-state index contributed by atoms with van der Waals surface area (Å²) in [4.78, 5) is 22.2. The fourth-order valence-corrected chi connectivity index (χ4v) is 2.28. The molecule has 6 unspecified atom stereocenters. The Balaban J connectivity index is 3.87. The van der Waals surface area contributed by atoms with Crippen LogP contribution in [0.15, 0.2) is 25.3 Å². The summed E-state index contributed by atoms with van der Waals surface area (Å²) in [6.07, 6.45) is 1.14. The van der Waals surface area contributed by atoms with Crippen LogP contribution in [0.2, 0.25) is 0 Å². The van der Waals surface area contributed by atoms with Gasteiger partial charge in [-0.05, 0) is 41.5 Å². The van der Waals surface area contributed by atoms with Gasteiger partial charge in [-0.15, -0.1) is 0 Å². The van der Waals surface area contributed by atoms with E-state index in [-0.39, 0.29) is 49.8 Å². The predicted molar refractivity (Wildman–Crippen MR) is 124 cm³/mol. The highest BCUT2D eigenvalue weighted by Crippen LogP contribution is 2.04. The molecule has 0 bridgehead atoms. The minimum atomic E-state index is -0.470. The topological polar surface area (TPSA) is 98.8 Å². The molecule has 6 atom stereocenters. The summed E-state index contributed by atoms with van der Waals surface area (Å²) in [7, 11) is 0. The summed E-state index contributed by atoms with van der Waals surface area (Å²) in [5.74, 6) is -0.941. The van der Waals surface area contributed by atoms with E-state index in [1.54, 1.807) is 6.92 Å². The second kappa shape index (κ2) is 18.6. The van der Waals surface area contributed by atoms with Gasteiger partial charge in [0.2, 0.25) is 0 Å². The summed E-state index contributed by atoms with van der Waals surface area (Å²) in [5.41, 5.74) is 0. The Morgan fingerprint density at radius 1 is 0.545 bits per heavy atom. The molecule has 0 spiro atoms. The van der Waals surface area contributed by atoms with Crippen LogP contribution in [-0.4, -0.2) is 88.2 Å². The Kier molecular flexibility index (Phi) is 17.6. The van der Waals surface area contributed by atoms with Crippen molar-refractivity contribution in [3.8, 4) is 0 Å². The first-order valence-electron chi connectivity index (χ1n) is 11.3. The fraction of sp³-hybridized carbons (Fsp3) is 0.750. The van der Waals surface area contributed by atoms with Gasteiger partial charge in [0.25, 0.3) is 0 Å². The van der Waals surface area contributed by atoms with Gasteiger partial charge in [-0.2, -0.15) is 0 Å². The summed E-state index contributed by atoms with van der Waals surface area (Å²) in [6.45, 7) is 20.0. The van der Waals surface area contributed by atoms with Gasteiger partial charge in [-0.3, -0.25) is 0 Å². The Labute approximate surface area is 198 Å². The number of carbonyl (C=O) groups excluding carboxylic acids is 2. The molecule has 0 saturated carbocycles. The van der Waals surface area contributed by atoms with Crippen LogP contribution in [-0.2, 0) is 42.7 Å². The van der Waals surface area contributed by atoms with Crippen molar-refractivity contribution in [2.45, 2.75) is 78.2 Å². The van der Waals surface area contributed by atoms with Gasteiger partial charge in [-0.25, -0.2) is 9.59 Å². The van der Waals surface area contributed by atoms with E-state index >= 15 is 0 Å². The zero-order valence-corrected chi connectivity index (χ0v) is 20.9. The third kappa shape index (κ3) is 18.3. The minimum absolute atomic E-state index is 0.112. The highest BCUT2D eigenvalue weighted by atomic mass is 16.6. The van der Waals surface area contributed by atoms with Crippen LogP contribution in [0, 0.1) is 0 Å². The lowest BCUT2D eigenvalue weighted by atomic mass is 10.3. The third-order valence-electron chi connectivity index (χ3n) is 4.19. The summed E-state index contributed by atoms with van der Waals surface area (Å²) >= 11 is 0. The lowest BCUT2D eigenvalue weighted by Gasteiger charge is -2.22. The molecule has 192 valence electrons. The van der Waals surface area contributed by atoms with Crippen molar-refractivity contribution in [2.24, 2.45) is 0 Å². The van der Waals surface area contributed by atoms with E-state index in [0.717, 1.165) is 12.2 Å². The third-order valence-corrected chi connectivity index (χ3v) is 4.19. The average molecular weight is 475 g/mol. The summed E-state index contributed by atoms with van der Waals surface area (Å²) in [5, 5.41) is 0. The van der Waals surface area contributed by atoms with E-state index in [4.69, 9.17) is 33.2 Å². The number of esters is 2. The quantitative estimate of drug-likeness (QED) is 0.195. The zero-order valence-electron chi connectivity index (χ0n) is 20.9. The molecule has 9 heteroatoms. The smallest absolute Gasteiger partial charge is 0.330 e. The Morgan fingerprint density at radius 2 is 0.848 bits per heavy atom.